The summed E-state index contributed by atoms with van der Waals surface area (Å²) in [6.45, 7) is 0. The number of carbonyl (C=O) groups is 2. The topological polar surface area (TPSA) is 49.4 Å². The fraction of sp³-hybridized carbons (Fsp3) is 0.125. The summed E-state index contributed by atoms with van der Waals surface area (Å²) in [5, 5.41) is 3.55. The number of rotatable bonds is 3. The van der Waals surface area contributed by atoms with E-state index < -0.39 is 23.7 Å². The molecule has 1 atom stereocenters. The number of halogens is 2. The standard InChI is InChI=1S/C16H12ClFN2O2/c17-10-5-7-11(8-6-10)19-13-9-15(21)20(16(13)22)14-4-2-1-3-12(14)18/h1-8,13,19H,9H2/t13-/m0/s1. The predicted octanol–water partition coefficient (Wildman–Crippen LogP) is 3.22. The van der Waals surface area contributed by atoms with E-state index in [1.165, 1.54) is 18.2 Å². The van der Waals surface area contributed by atoms with Crippen molar-refractivity contribution in [3.63, 3.8) is 0 Å². The fourth-order valence-corrected chi connectivity index (χ4v) is 2.50. The van der Waals surface area contributed by atoms with Crippen molar-refractivity contribution in [3.8, 4) is 0 Å². The smallest absolute Gasteiger partial charge is 0.256 e. The van der Waals surface area contributed by atoms with Crippen LogP contribution in [0.3, 0.4) is 0 Å². The third-order valence-corrected chi connectivity index (χ3v) is 3.68. The SMILES string of the molecule is O=C1C[C@H](Nc2ccc(Cl)cc2)C(=O)N1c1ccccc1F. The summed E-state index contributed by atoms with van der Waals surface area (Å²) < 4.78 is 13.8. The average Bonchev–Trinajstić information content (AvgIpc) is 2.77. The normalized spacial score (nSPS) is 17.9. The van der Waals surface area contributed by atoms with Crippen LogP contribution in [0.15, 0.2) is 48.5 Å². The second kappa shape index (κ2) is 5.77. The molecule has 0 bridgehead atoms. The minimum absolute atomic E-state index is 0.0158. The van der Waals surface area contributed by atoms with Gasteiger partial charge in [-0.3, -0.25) is 9.59 Å². The van der Waals surface area contributed by atoms with Crippen LogP contribution in [0.2, 0.25) is 5.02 Å². The Balaban J connectivity index is 1.82. The maximum atomic E-state index is 13.8. The molecule has 1 aliphatic heterocycles. The molecule has 0 radical (unpaired) electrons. The molecule has 1 saturated heterocycles. The molecule has 22 heavy (non-hydrogen) atoms. The van der Waals surface area contributed by atoms with Crippen molar-refractivity contribution in [2.24, 2.45) is 0 Å². The van der Waals surface area contributed by atoms with Crippen LogP contribution in [0, 0.1) is 5.82 Å². The molecule has 0 saturated carbocycles. The number of anilines is 2. The van der Waals surface area contributed by atoms with Gasteiger partial charge in [0.15, 0.2) is 0 Å². The first-order valence-corrected chi connectivity index (χ1v) is 7.07. The van der Waals surface area contributed by atoms with Crippen LogP contribution in [0.25, 0.3) is 0 Å². The van der Waals surface area contributed by atoms with Gasteiger partial charge in [0.1, 0.15) is 11.9 Å². The number of carbonyl (C=O) groups excluding carboxylic acids is 2. The Labute approximate surface area is 131 Å². The van der Waals surface area contributed by atoms with E-state index >= 15 is 0 Å². The van der Waals surface area contributed by atoms with E-state index in [1.807, 2.05) is 0 Å². The number of para-hydroxylation sites is 1. The molecular weight excluding hydrogens is 307 g/mol. The highest BCUT2D eigenvalue weighted by Gasteiger charge is 2.40. The van der Waals surface area contributed by atoms with Crippen molar-refractivity contribution in [1.82, 2.24) is 0 Å². The van der Waals surface area contributed by atoms with Crippen molar-refractivity contribution in [2.45, 2.75) is 12.5 Å². The maximum absolute atomic E-state index is 13.8. The molecule has 0 unspecified atom stereocenters. The summed E-state index contributed by atoms with van der Waals surface area (Å²) in [7, 11) is 0. The van der Waals surface area contributed by atoms with Gasteiger partial charge >= 0.3 is 0 Å². The number of imide groups is 1. The minimum atomic E-state index is -0.715. The zero-order valence-corrected chi connectivity index (χ0v) is 12.2. The van der Waals surface area contributed by atoms with Gasteiger partial charge in [-0.15, -0.1) is 0 Å². The van der Waals surface area contributed by atoms with Crippen LogP contribution in [0.1, 0.15) is 6.42 Å². The molecule has 1 N–H and O–H groups in total. The van der Waals surface area contributed by atoms with Crippen molar-refractivity contribution in [3.05, 3.63) is 59.4 Å². The van der Waals surface area contributed by atoms with E-state index in [4.69, 9.17) is 11.6 Å². The number of hydrogen-bond donors (Lipinski definition) is 1. The van der Waals surface area contributed by atoms with Gasteiger partial charge in [0.25, 0.3) is 5.91 Å². The molecule has 1 heterocycles. The molecule has 4 nitrogen and oxygen atoms in total. The van der Waals surface area contributed by atoms with Gasteiger partial charge in [0, 0.05) is 10.7 Å². The Bertz CT molecular complexity index is 733. The lowest BCUT2D eigenvalue weighted by atomic mass is 10.2. The molecule has 0 aliphatic carbocycles. The minimum Gasteiger partial charge on any atom is -0.373 e. The Morgan fingerprint density at radius 2 is 1.77 bits per heavy atom. The summed E-state index contributed by atoms with van der Waals surface area (Å²) in [6.07, 6.45) is -0.0181. The van der Waals surface area contributed by atoms with Crippen LogP contribution in [-0.4, -0.2) is 17.9 Å². The highest BCUT2D eigenvalue weighted by Crippen LogP contribution is 2.27. The molecule has 2 aromatic carbocycles. The summed E-state index contributed by atoms with van der Waals surface area (Å²) in [5.41, 5.74) is 0.656. The first-order chi connectivity index (χ1) is 10.6. The highest BCUT2D eigenvalue weighted by atomic mass is 35.5. The van der Waals surface area contributed by atoms with E-state index in [0.29, 0.717) is 10.7 Å². The van der Waals surface area contributed by atoms with Crippen molar-refractivity contribution >= 4 is 34.8 Å². The third-order valence-electron chi connectivity index (χ3n) is 3.43. The van der Waals surface area contributed by atoms with Gasteiger partial charge in [0.05, 0.1) is 12.1 Å². The fourth-order valence-electron chi connectivity index (χ4n) is 2.38. The largest absolute Gasteiger partial charge is 0.373 e. The number of nitrogens with zero attached hydrogens (tertiary/aromatic N) is 1. The van der Waals surface area contributed by atoms with Gasteiger partial charge in [-0.2, -0.15) is 0 Å². The van der Waals surface area contributed by atoms with Crippen molar-refractivity contribution in [2.75, 3.05) is 10.2 Å². The highest BCUT2D eigenvalue weighted by molar-refractivity contribution is 6.30. The molecule has 1 aliphatic rings. The number of nitrogens with one attached hydrogen (secondary N) is 1. The van der Waals surface area contributed by atoms with E-state index in [-0.39, 0.29) is 12.1 Å². The monoisotopic (exact) mass is 318 g/mol. The summed E-state index contributed by atoms with van der Waals surface area (Å²) in [6, 6.07) is 11.8. The second-order valence-corrected chi connectivity index (χ2v) is 5.36. The molecule has 1 fully saturated rings. The summed E-state index contributed by atoms with van der Waals surface area (Å²) >= 11 is 5.80. The van der Waals surface area contributed by atoms with Gasteiger partial charge in [0.2, 0.25) is 5.91 Å². The first-order valence-electron chi connectivity index (χ1n) is 6.69. The van der Waals surface area contributed by atoms with Crippen LogP contribution >= 0.6 is 11.6 Å². The molecular formula is C16H12ClFN2O2. The molecule has 2 amide bonds. The van der Waals surface area contributed by atoms with Gasteiger partial charge in [-0.1, -0.05) is 23.7 Å². The lowest BCUT2D eigenvalue weighted by Crippen LogP contribution is -2.35. The van der Waals surface area contributed by atoms with Gasteiger partial charge in [-0.05, 0) is 36.4 Å². The zero-order valence-electron chi connectivity index (χ0n) is 11.4. The van der Waals surface area contributed by atoms with Crippen LogP contribution in [0.4, 0.5) is 15.8 Å². The molecule has 3 rings (SSSR count). The third kappa shape index (κ3) is 2.67. The van der Waals surface area contributed by atoms with E-state index in [1.54, 1.807) is 30.3 Å². The van der Waals surface area contributed by atoms with Crippen LogP contribution < -0.4 is 10.2 Å². The number of benzene rings is 2. The average molecular weight is 319 g/mol. The number of amides is 2. The van der Waals surface area contributed by atoms with Crippen molar-refractivity contribution in [1.29, 1.82) is 0 Å². The molecule has 0 aromatic heterocycles. The first kappa shape index (κ1) is 14.5. The summed E-state index contributed by atoms with van der Waals surface area (Å²) in [4.78, 5) is 25.4. The Hall–Kier alpha value is -2.40. The molecule has 0 spiro atoms. The van der Waals surface area contributed by atoms with Crippen molar-refractivity contribution < 1.29 is 14.0 Å². The van der Waals surface area contributed by atoms with E-state index in [9.17, 15) is 14.0 Å². The molecule has 2 aromatic rings. The maximum Gasteiger partial charge on any atom is 0.256 e. The zero-order chi connectivity index (χ0) is 15.7. The Kier molecular flexibility index (Phi) is 3.81. The lowest BCUT2D eigenvalue weighted by Gasteiger charge is -2.16. The molecule has 6 heteroatoms. The van der Waals surface area contributed by atoms with Crippen LogP contribution in [0.5, 0.6) is 0 Å². The lowest BCUT2D eigenvalue weighted by molar-refractivity contribution is -0.121. The summed E-state index contributed by atoms with van der Waals surface area (Å²) in [5.74, 6) is -1.50. The molecule has 112 valence electrons. The van der Waals surface area contributed by atoms with E-state index in [2.05, 4.69) is 5.32 Å². The van der Waals surface area contributed by atoms with Crippen LogP contribution in [-0.2, 0) is 9.59 Å². The van der Waals surface area contributed by atoms with Gasteiger partial charge in [-0.25, -0.2) is 9.29 Å². The number of hydrogen-bond acceptors (Lipinski definition) is 3. The Morgan fingerprint density at radius 3 is 2.45 bits per heavy atom. The predicted molar refractivity (Wildman–Crippen MR) is 82.4 cm³/mol. The Morgan fingerprint density at radius 1 is 1.09 bits per heavy atom. The quantitative estimate of drug-likeness (QED) is 0.884. The van der Waals surface area contributed by atoms with Gasteiger partial charge < -0.3 is 5.32 Å². The van der Waals surface area contributed by atoms with E-state index in [0.717, 1.165) is 4.90 Å². The second-order valence-electron chi connectivity index (χ2n) is 4.93.